The van der Waals surface area contributed by atoms with Crippen molar-refractivity contribution in [3.63, 3.8) is 0 Å². The molecule has 8 heavy (non-hydrogen) atoms. The Balaban J connectivity index is 0.000000490. The van der Waals surface area contributed by atoms with Crippen molar-refractivity contribution in [2.24, 2.45) is 7.05 Å². The summed E-state index contributed by atoms with van der Waals surface area (Å²) in [5, 5.41) is 19.5. The van der Waals surface area contributed by atoms with Crippen LogP contribution in [0.3, 0.4) is 0 Å². The summed E-state index contributed by atoms with van der Waals surface area (Å²) in [6.45, 7) is 0. The van der Waals surface area contributed by atoms with Gasteiger partial charge in [0.15, 0.2) is 0 Å². The van der Waals surface area contributed by atoms with Gasteiger partial charge >= 0.3 is 68.9 Å². The average Bonchev–Trinajstić information content (AvgIpc) is 1.91. The van der Waals surface area contributed by atoms with Crippen LogP contribution < -0.4 is 74.0 Å². The molecule has 0 fully saturated rings. The molecule has 0 aliphatic carbocycles. The van der Waals surface area contributed by atoms with Crippen LogP contribution in [0.2, 0.25) is 0 Å². The average molecular weight is 232 g/mol. The number of nitrogens with zero attached hydrogens (tertiary/aromatic N) is 4. The summed E-state index contributed by atoms with van der Waals surface area (Å²) in [7, 11) is 1.49. The van der Waals surface area contributed by atoms with Crippen molar-refractivity contribution < 1.29 is 74.0 Å². The fourth-order valence-corrected chi connectivity index (χ4v) is 0.221. The first kappa shape index (κ1) is 8.92. The summed E-state index contributed by atoms with van der Waals surface area (Å²) in [5.41, 5.74) is 0. The van der Waals surface area contributed by atoms with E-state index >= 15 is 0 Å². The van der Waals surface area contributed by atoms with Crippen LogP contribution in [0.4, 0.5) is 0 Å². The van der Waals surface area contributed by atoms with Crippen molar-refractivity contribution in [1.29, 1.82) is 0 Å². The summed E-state index contributed by atoms with van der Waals surface area (Å²) >= 11 is 0. The van der Waals surface area contributed by atoms with E-state index in [4.69, 9.17) is 0 Å². The minimum atomic E-state index is -0.417. The van der Waals surface area contributed by atoms with E-state index in [1.165, 1.54) is 7.05 Å². The fourth-order valence-electron chi connectivity index (χ4n) is 0.221. The van der Waals surface area contributed by atoms with E-state index in [0.717, 1.165) is 4.68 Å². The molecule has 0 saturated heterocycles. The number of rotatable bonds is 0. The standard InChI is InChI=1S/C2H4N4O.Cs/c1-6-2(7)3-4-5-6;/h1H3,(H,3,5,7);/q;+1/p-1. The van der Waals surface area contributed by atoms with Gasteiger partial charge in [-0.15, -0.1) is 5.10 Å². The van der Waals surface area contributed by atoms with Crippen LogP contribution >= 0.6 is 0 Å². The van der Waals surface area contributed by atoms with Gasteiger partial charge in [0.2, 0.25) is 0 Å². The third kappa shape index (κ3) is 2.03. The van der Waals surface area contributed by atoms with Gasteiger partial charge in [-0.05, 0) is 10.4 Å². The van der Waals surface area contributed by atoms with Crippen molar-refractivity contribution in [3.05, 3.63) is 0 Å². The minimum absolute atomic E-state index is 0. The van der Waals surface area contributed by atoms with Crippen LogP contribution in [0.1, 0.15) is 0 Å². The van der Waals surface area contributed by atoms with Gasteiger partial charge in [-0.25, -0.2) is 4.68 Å². The van der Waals surface area contributed by atoms with E-state index in [9.17, 15) is 5.11 Å². The molecule has 0 saturated carbocycles. The number of hydrogen-bond donors (Lipinski definition) is 0. The molecule has 5 nitrogen and oxygen atoms in total. The molecule has 0 atom stereocenters. The summed E-state index contributed by atoms with van der Waals surface area (Å²) in [6, 6.07) is -0.417. The summed E-state index contributed by atoms with van der Waals surface area (Å²) in [4.78, 5) is 0. The van der Waals surface area contributed by atoms with Gasteiger partial charge in [0, 0.05) is 7.05 Å². The van der Waals surface area contributed by atoms with Crippen molar-refractivity contribution in [1.82, 2.24) is 20.2 Å². The quantitative estimate of drug-likeness (QED) is 0.450. The monoisotopic (exact) mass is 232 g/mol. The van der Waals surface area contributed by atoms with E-state index < -0.39 is 6.01 Å². The topological polar surface area (TPSA) is 66.7 Å². The van der Waals surface area contributed by atoms with Crippen LogP contribution in [0.25, 0.3) is 0 Å². The van der Waals surface area contributed by atoms with E-state index in [1.54, 1.807) is 0 Å². The van der Waals surface area contributed by atoms with Crippen molar-refractivity contribution in [2.45, 2.75) is 0 Å². The first-order valence-corrected chi connectivity index (χ1v) is 1.70. The second-order valence-electron chi connectivity index (χ2n) is 1.09. The molecule has 0 aromatic carbocycles. The number of hydrogen-bond acceptors (Lipinski definition) is 4. The van der Waals surface area contributed by atoms with E-state index in [-0.39, 0.29) is 68.9 Å². The fraction of sp³-hybridized carbons (Fsp3) is 0.500. The Morgan fingerprint density at radius 3 is 2.38 bits per heavy atom. The zero-order valence-corrected chi connectivity index (χ0v) is 11.0. The van der Waals surface area contributed by atoms with Crippen LogP contribution in [0.15, 0.2) is 0 Å². The molecule has 0 bridgehead atoms. The van der Waals surface area contributed by atoms with Gasteiger partial charge in [0.1, 0.15) is 6.01 Å². The van der Waals surface area contributed by atoms with E-state index in [2.05, 4.69) is 15.5 Å². The Morgan fingerprint density at radius 1 is 1.62 bits per heavy atom. The van der Waals surface area contributed by atoms with Crippen LogP contribution in [0.5, 0.6) is 6.01 Å². The number of aromatic nitrogens is 4. The maximum absolute atomic E-state index is 10.1. The third-order valence-corrected chi connectivity index (χ3v) is 0.581. The zero-order valence-electron chi connectivity index (χ0n) is 4.70. The Morgan fingerprint density at radius 2 is 2.25 bits per heavy atom. The SMILES string of the molecule is Cn1nnnc1[O-].[Cs+]. The third-order valence-electron chi connectivity index (χ3n) is 0.581. The first-order valence-electron chi connectivity index (χ1n) is 1.70. The molecule has 0 aliphatic heterocycles. The summed E-state index contributed by atoms with van der Waals surface area (Å²) in [6.07, 6.45) is 0. The molecule has 38 valence electrons. The van der Waals surface area contributed by atoms with Gasteiger partial charge < -0.3 is 5.11 Å². The molecule has 0 unspecified atom stereocenters. The van der Waals surface area contributed by atoms with Crippen molar-refractivity contribution in [3.8, 4) is 6.01 Å². The molecule has 0 N–H and O–H groups in total. The van der Waals surface area contributed by atoms with Crippen molar-refractivity contribution >= 4 is 0 Å². The van der Waals surface area contributed by atoms with E-state index in [0.29, 0.717) is 0 Å². The van der Waals surface area contributed by atoms with Gasteiger partial charge in [-0.3, -0.25) is 0 Å². The summed E-state index contributed by atoms with van der Waals surface area (Å²) in [5.74, 6) is 0. The molecule has 1 aromatic rings. The van der Waals surface area contributed by atoms with Gasteiger partial charge in [0.25, 0.3) is 0 Å². The van der Waals surface area contributed by atoms with E-state index in [1.807, 2.05) is 0 Å². The maximum atomic E-state index is 10.1. The zero-order chi connectivity index (χ0) is 5.28. The Kier molecular flexibility index (Phi) is 4.30. The molecule has 0 aliphatic rings. The van der Waals surface area contributed by atoms with Crippen molar-refractivity contribution in [2.75, 3.05) is 0 Å². The largest absolute Gasteiger partial charge is 1.00 e. The molecule has 1 rings (SSSR count). The molecule has 1 heterocycles. The molecule has 6 heteroatoms. The molecule has 0 amide bonds. The molecular weight excluding hydrogens is 229 g/mol. The van der Waals surface area contributed by atoms with Gasteiger partial charge in [-0.2, -0.15) is 0 Å². The second kappa shape index (κ2) is 3.86. The Hall–Kier alpha value is 0.922. The molecule has 1 aromatic heterocycles. The normalized spacial score (nSPS) is 8.12. The van der Waals surface area contributed by atoms with Crippen LogP contribution in [-0.2, 0) is 7.05 Å². The first-order chi connectivity index (χ1) is 3.30. The number of tetrazole rings is 1. The Bertz CT molecular complexity index is 146. The molecule has 0 radical (unpaired) electrons. The molecular formula is C2H3CsN4O. The smallest absolute Gasteiger partial charge is 0.843 e. The van der Waals surface area contributed by atoms with Gasteiger partial charge in [0.05, 0.1) is 0 Å². The predicted octanol–water partition coefficient (Wildman–Crippen LogP) is -4.71. The number of aryl methyl sites for hydroxylation is 1. The van der Waals surface area contributed by atoms with Gasteiger partial charge in [-0.1, -0.05) is 0 Å². The molecule has 0 spiro atoms. The van der Waals surface area contributed by atoms with Crippen LogP contribution in [-0.4, -0.2) is 20.2 Å². The van der Waals surface area contributed by atoms with Crippen LogP contribution in [0, 0.1) is 0 Å². The summed E-state index contributed by atoms with van der Waals surface area (Å²) < 4.78 is 1.06. The second-order valence-corrected chi connectivity index (χ2v) is 1.09. The Labute approximate surface area is 105 Å². The minimum Gasteiger partial charge on any atom is -0.843 e. The maximum Gasteiger partial charge on any atom is 1.00 e. The predicted molar refractivity (Wildman–Crippen MR) is 18.2 cm³/mol.